The number of aromatic amines is 1. The molecule has 0 spiro atoms. The number of ether oxygens (including phenoxy) is 2. The lowest BCUT2D eigenvalue weighted by molar-refractivity contribution is -0.145. The van der Waals surface area contributed by atoms with Crippen molar-refractivity contribution in [2.75, 3.05) is 65.6 Å². The number of aliphatic hydroxyl groups is 4. The zero-order chi connectivity index (χ0) is 98.2. The minimum Gasteiger partial charge on any atom is -0.508 e. The van der Waals surface area contributed by atoms with Crippen LogP contribution in [0.4, 0.5) is 10.5 Å². The Labute approximate surface area is 776 Å². The van der Waals surface area contributed by atoms with Crippen LogP contribution in [0.3, 0.4) is 0 Å². The number of hydrogen-bond acceptors (Lipinski definition) is 29. The number of aromatic hydroxyl groups is 2. The minimum absolute atomic E-state index is 0.00199. The van der Waals surface area contributed by atoms with E-state index in [-0.39, 0.29) is 133 Å². The monoisotopic (exact) mass is 1890 g/mol. The van der Waals surface area contributed by atoms with Crippen molar-refractivity contribution in [3.8, 4) is 28.7 Å². The van der Waals surface area contributed by atoms with Gasteiger partial charge in [0.25, 0.3) is 0 Å². The highest BCUT2D eigenvalue weighted by Crippen LogP contribution is 2.50. The second-order valence-corrected chi connectivity index (χ2v) is 33.7. The normalized spacial score (nSPS) is 17.7. The molecule has 3 fully saturated rings. The number of phenolic OH excluding ortho intramolecular Hbond substituents is 2. The van der Waals surface area contributed by atoms with Gasteiger partial charge in [0.2, 0.25) is 70.9 Å². The molecule has 46 nitrogen and oxygen atoms in total. The number of ketones is 1. The molecule has 3 saturated heterocycles. The number of carboxylic acids is 2. The van der Waals surface area contributed by atoms with Gasteiger partial charge in [-0.1, -0.05) is 65.5 Å². The maximum atomic E-state index is 14.7. The van der Waals surface area contributed by atoms with E-state index in [0.717, 1.165) is 21.6 Å². The molecule has 134 heavy (non-hydrogen) atoms. The summed E-state index contributed by atoms with van der Waals surface area (Å²) in [6, 6.07) is -4.00. The number of fused-ring (bicyclic) bond motifs is 2. The van der Waals surface area contributed by atoms with Crippen LogP contribution in [0.5, 0.6) is 28.7 Å². The number of unbranched alkanes of at least 4 members (excludes halogenated alkanes) is 3. The van der Waals surface area contributed by atoms with Gasteiger partial charge >= 0.3 is 18.0 Å². The number of Topliss-reactive ketones (excluding diaryl/α,β-unsaturated/α-hetero) is 1. The number of H-pyrrole nitrogens is 1. The van der Waals surface area contributed by atoms with Crippen molar-refractivity contribution in [3.63, 3.8) is 0 Å². The van der Waals surface area contributed by atoms with E-state index in [0.29, 0.717) is 71.7 Å². The zero-order valence-corrected chi connectivity index (χ0v) is 75.9. The number of nitrogens with two attached hydrogens (primary N) is 1. The first-order valence-electron chi connectivity index (χ1n) is 44.6. The number of hydrogen-bond donors (Lipinski definition) is 23. The van der Waals surface area contributed by atoms with Crippen molar-refractivity contribution < 1.29 is 127 Å². The quantitative estimate of drug-likeness (QED) is 0.0113. The molecule has 4 aliphatic rings. The van der Waals surface area contributed by atoms with Crippen molar-refractivity contribution >= 4 is 119 Å². The van der Waals surface area contributed by atoms with E-state index in [2.05, 4.69) is 78.1 Å². The van der Waals surface area contributed by atoms with Gasteiger partial charge in [-0.15, -0.1) is 0 Å². The van der Waals surface area contributed by atoms with Gasteiger partial charge in [-0.2, -0.15) is 4.36 Å². The third-order valence-corrected chi connectivity index (χ3v) is 24.0. The average molecular weight is 1900 g/mol. The fourth-order valence-electron chi connectivity index (χ4n) is 16.1. The number of aliphatic carboxylic acids is 2. The summed E-state index contributed by atoms with van der Waals surface area (Å²) in [6.07, 6.45) is 2.05. The summed E-state index contributed by atoms with van der Waals surface area (Å²) in [4.78, 5) is 230. The van der Waals surface area contributed by atoms with Gasteiger partial charge in [0.1, 0.15) is 107 Å². The van der Waals surface area contributed by atoms with Gasteiger partial charge in [-0.25, -0.2) is 14.6 Å². The minimum atomic E-state index is -1.80. The number of amides is 13. The molecule has 24 N–H and O–H groups in total. The smallest absolute Gasteiger partial charge is 0.412 e. The molecular weight excluding hydrogens is 1770 g/mol. The number of guanidine groups is 1. The zero-order valence-electron chi connectivity index (χ0n) is 75.0. The molecule has 13 amide bonds. The van der Waals surface area contributed by atoms with E-state index < -0.39 is 230 Å². The average Bonchev–Trinajstić information content (AvgIpc) is 0.990. The maximum absolute atomic E-state index is 14.7. The van der Waals surface area contributed by atoms with E-state index >= 15 is 0 Å². The highest BCUT2D eigenvalue weighted by molar-refractivity contribution is 7.47. The SMILES string of the molecule is CC[C@H](C)[C@H](NC(=O)[C@H](CCCNC(=N)N)NC(=O)[C@@H]1CCCN1C(=O)[C@H](CO)NC(=O)[C@@H]1CCCN1C(=O)CNC(=O)[C@H](CO)NCC(=O)CCCCCCNC(=O)Oc1cc(N=S)cc(C2c3ccc(O)cc3Oc3cc(O)ccc32)c1)C(=O)N[C@@H](CCC(=O)O)C(=O)N[C@H](C(=O)N[C@H](C(=O)N1CCC[C@H]1C(=O)N[C@@H](CO)C(=O)N[C@@H](Cc1cnc[nH]1)C(=O)O)[C@@H](C)O)[C@@H](C)CC. The third-order valence-electron chi connectivity index (χ3n) is 23.8. The topological polar surface area (TPSA) is 698 Å². The molecule has 0 saturated carbocycles. The lowest BCUT2D eigenvalue weighted by Gasteiger charge is -2.33. The number of carbonyl (C=O) groups is 16. The van der Waals surface area contributed by atoms with E-state index in [1.165, 1.54) is 42.9 Å². The molecule has 8 rings (SSSR count). The summed E-state index contributed by atoms with van der Waals surface area (Å²) >= 11 is 5.02. The third kappa shape index (κ3) is 30.2. The summed E-state index contributed by atoms with van der Waals surface area (Å²) in [5, 5.41) is 120. The molecule has 0 radical (unpaired) electrons. The molecule has 0 bridgehead atoms. The van der Waals surface area contributed by atoms with Crippen LogP contribution in [0.1, 0.15) is 172 Å². The summed E-state index contributed by atoms with van der Waals surface area (Å²) in [7, 11) is 0. The highest BCUT2D eigenvalue weighted by Gasteiger charge is 2.46. The van der Waals surface area contributed by atoms with Gasteiger partial charge in [-0.3, -0.25) is 77.8 Å². The van der Waals surface area contributed by atoms with Crippen LogP contribution in [0.15, 0.2) is 71.5 Å². The number of nitrogens with one attached hydrogen (secondary N) is 14. The molecule has 5 heterocycles. The summed E-state index contributed by atoms with van der Waals surface area (Å²) in [5.41, 5.74) is 8.24. The van der Waals surface area contributed by atoms with E-state index in [4.69, 9.17) is 33.0 Å². The number of imidazole rings is 1. The predicted octanol–water partition coefficient (Wildman–Crippen LogP) is -2.09. The van der Waals surface area contributed by atoms with Crippen LogP contribution in [-0.2, 0) is 90.8 Å². The van der Waals surface area contributed by atoms with E-state index in [1.54, 1.807) is 52.0 Å². The molecule has 15 atom stereocenters. The lowest BCUT2D eigenvalue weighted by atomic mass is 9.82. The molecule has 4 aliphatic heterocycles. The van der Waals surface area contributed by atoms with Gasteiger partial charge in [0.15, 0.2) is 5.96 Å². The van der Waals surface area contributed by atoms with Gasteiger partial charge in [-0.05, 0) is 119 Å². The van der Waals surface area contributed by atoms with Crippen molar-refractivity contribution in [1.82, 2.24) is 88.5 Å². The Morgan fingerprint density at radius 1 is 0.567 bits per heavy atom. The second-order valence-electron chi connectivity index (χ2n) is 33.5. The summed E-state index contributed by atoms with van der Waals surface area (Å²) in [5.74, 6) is -16.1. The maximum Gasteiger partial charge on any atom is 0.412 e. The Hall–Kier alpha value is -13.1. The first-order valence-corrected chi connectivity index (χ1v) is 44.9. The molecule has 0 aliphatic carbocycles. The van der Waals surface area contributed by atoms with Gasteiger partial charge in [0.05, 0.1) is 51.0 Å². The molecule has 0 unspecified atom stereocenters. The van der Waals surface area contributed by atoms with Crippen LogP contribution in [-0.4, -0.2) is 310 Å². The fraction of sp³-hybridized carbons (Fsp3) is 0.563. The Morgan fingerprint density at radius 2 is 1.08 bits per heavy atom. The van der Waals surface area contributed by atoms with E-state index in [1.807, 2.05) is 0 Å². The van der Waals surface area contributed by atoms with Gasteiger partial charge < -0.3 is 134 Å². The van der Waals surface area contributed by atoms with Crippen LogP contribution in [0.2, 0.25) is 0 Å². The number of phenols is 2. The number of nitrogens with zero attached hydrogens (tertiary/aromatic N) is 5. The largest absolute Gasteiger partial charge is 0.508 e. The number of carbonyl (C=O) groups excluding carboxylic acids is 14. The Bertz CT molecular complexity index is 4800. The number of rotatable bonds is 52. The number of carboxylic acid groups (broad SMARTS) is 2. The van der Waals surface area contributed by atoms with Crippen molar-refractivity contribution in [2.24, 2.45) is 21.9 Å². The van der Waals surface area contributed by atoms with E-state index in [9.17, 15) is 118 Å². The number of likely N-dealkylation sites (tertiary alicyclic amines) is 3. The number of aliphatic hydroxyl groups excluding tert-OH is 4. The van der Waals surface area contributed by atoms with Crippen molar-refractivity contribution in [1.29, 1.82) is 5.41 Å². The summed E-state index contributed by atoms with van der Waals surface area (Å²) < 4.78 is 15.6. The predicted molar refractivity (Wildman–Crippen MR) is 477 cm³/mol. The molecule has 732 valence electrons. The molecule has 3 aromatic carbocycles. The first-order chi connectivity index (χ1) is 63.9. The molecule has 1 aromatic heterocycles. The lowest BCUT2D eigenvalue weighted by Crippen LogP contribution is -2.63. The second kappa shape index (κ2) is 51.8. The number of benzene rings is 3. The molecular formula is C87H122N20O26S. The van der Waals surface area contributed by atoms with Crippen LogP contribution >= 0.6 is 0 Å². The van der Waals surface area contributed by atoms with Gasteiger partial charge in [0, 0.05) is 112 Å². The van der Waals surface area contributed by atoms with Crippen LogP contribution in [0, 0.1) is 17.2 Å². The van der Waals surface area contributed by atoms with Crippen LogP contribution in [0.25, 0.3) is 0 Å². The number of aromatic nitrogens is 2. The Morgan fingerprint density at radius 3 is 1.62 bits per heavy atom. The summed E-state index contributed by atoms with van der Waals surface area (Å²) in [6.45, 7) is 3.99. The molecule has 47 heteroatoms. The fourth-order valence-corrected chi connectivity index (χ4v) is 16.2. The standard InChI is InChI=1S/C87H122N20O26S/c1-6-45(3)71(81(125)97-58(25-26-69(116)117)76(120)102-72(46(4)7-2)82(126)103-73(47(5)111)84(128)107-31-15-20-65(107)80(124)99-61(42-109)77(121)98-59(85(129)130)35-50-38-90-44-95-50)101-75(119)57(17-12-28-91-86(88)89)96-79(123)64-19-14-30-106(64)83(127)62(43-110)100-78(122)63-18-13-29-105(63)68(115)40-94-74(118)60(41-108)93-39-53(114)16-10-8-9-11-27-92-87(131)132-54-33-48(32-49(34-54)104-134)70-55-23-21-51(112)36-66(55)133-67-37-52(113)22-24-56(67)70/h21-24,32-34,36-38,44-47,57-65,70-73,93,108-113H,6-20,25-31,35,39-43H2,1-5H3,(H,90,95)(H,92,131)(H,94,118)(H,96,123)(H,97,125)(H,98,121)(H,99,124)(H,100,122)(H,101,119)(H,102,120)(H,103,126)(H,116,117)(H,129,130)(H4,88,89,91)/t45-,46-,47+,57-,58-,59-,60-,61-,62-,63-,64-,65-,71-,72-,73-/m0/s1. The van der Waals surface area contributed by atoms with Crippen molar-refractivity contribution in [3.05, 3.63) is 89.5 Å². The first kappa shape index (κ1) is 106. The highest BCUT2D eigenvalue weighted by atomic mass is 32.1. The Balaban J connectivity index is 0.802. The Kier molecular flexibility index (Phi) is 41.1. The molecule has 4 aromatic rings. The van der Waals surface area contributed by atoms with Crippen LogP contribution < -0.4 is 79.0 Å². The van der Waals surface area contributed by atoms with Crippen molar-refractivity contribution in [2.45, 2.75) is 235 Å².